The minimum Gasteiger partial charge on any atom is -0.381 e. The topological polar surface area (TPSA) is 44.5 Å². The van der Waals surface area contributed by atoms with Gasteiger partial charge in [0.1, 0.15) is 0 Å². The van der Waals surface area contributed by atoms with Gasteiger partial charge in [0.05, 0.1) is 12.2 Å². The standard InChI is InChI=1S/C14H21NO2/c1-11-3-2-4-12(9-11)14(10-15)17-13-5-7-16-8-6-13/h2-4,9,13-14H,5-8,10,15H2,1H3. The molecule has 0 amide bonds. The molecule has 0 aliphatic carbocycles. The fraction of sp³-hybridized carbons (Fsp3) is 0.571. The average molecular weight is 235 g/mol. The Kier molecular flexibility index (Phi) is 4.54. The molecule has 1 unspecified atom stereocenters. The third-order valence-electron chi connectivity index (χ3n) is 3.15. The Labute approximate surface area is 103 Å². The fourth-order valence-corrected chi connectivity index (χ4v) is 2.18. The average Bonchev–Trinajstić information content (AvgIpc) is 2.37. The zero-order valence-corrected chi connectivity index (χ0v) is 10.4. The molecule has 1 aromatic rings. The van der Waals surface area contributed by atoms with Crippen molar-refractivity contribution in [3.63, 3.8) is 0 Å². The molecule has 2 rings (SSSR count). The minimum atomic E-state index is 0.0120. The Balaban J connectivity index is 2.00. The first kappa shape index (κ1) is 12.6. The summed E-state index contributed by atoms with van der Waals surface area (Å²) < 4.78 is 11.4. The van der Waals surface area contributed by atoms with E-state index in [0.717, 1.165) is 26.1 Å². The molecule has 1 aromatic carbocycles. The lowest BCUT2D eigenvalue weighted by Gasteiger charge is -2.27. The number of hydrogen-bond acceptors (Lipinski definition) is 3. The summed E-state index contributed by atoms with van der Waals surface area (Å²) in [4.78, 5) is 0. The van der Waals surface area contributed by atoms with Gasteiger partial charge in [-0.3, -0.25) is 0 Å². The smallest absolute Gasteiger partial charge is 0.0950 e. The van der Waals surface area contributed by atoms with Crippen LogP contribution in [0.25, 0.3) is 0 Å². The first-order valence-electron chi connectivity index (χ1n) is 6.29. The predicted octanol–water partition coefficient (Wildman–Crippen LogP) is 2.19. The van der Waals surface area contributed by atoms with Crippen molar-refractivity contribution in [3.05, 3.63) is 35.4 Å². The predicted molar refractivity (Wildman–Crippen MR) is 67.9 cm³/mol. The van der Waals surface area contributed by atoms with Crippen LogP contribution in [0, 0.1) is 6.92 Å². The molecule has 1 fully saturated rings. The SMILES string of the molecule is Cc1cccc(C(CN)OC2CCOCC2)c1. The molecule has 1 heterocycles. The maximum atomic E-state index is 6.08. The Morgan fingerprint density at radius 1 is 1.41 bits per heavy atom. The molecule has 94 valence electrons. The molecule has 1 saturated heterocycles. The van der Waals surface area contributed by atoms with E-state index in [1.54, 1.807) is 0 Å². The molecule has 17 heavy (non-hydrogen) atoms. The van der Waals surface area contributed by atoms with Crippen LogP contribution >= 0.6 is 0 Å². The Bertz CT molecular complexity index is 348. The van der Waals surface area contributed by atoms with Crippen molar-refractivity contribution < 1.29 is 9.47 Å². The molecule has 3 heteroatoms. The van der Waals surface area contributed by atoms with Gasteiger partial charge in [-0.05, 0) is 25.3 Å². The van der Waals surface area contributed by atoms with Gasteiger partial charge < -0.3 is 15.2 Å². The van der Waals surface area contributed by atoms with E-state index in [0.29, 0.717) is 6.54 Å². The van der Waals surface area contributed by atoms with Crippen molar-refractivity contribution in [1.82, 2.24) is 0 Å². The van der Waals surface area contributed by atoms with Crippen LogP contribution in [0.2, 0.25) is 0 Å². The number of nitrogens with two attached hydrogens (primary N) is 1. The van der Waals surface area contributed by atoms with Crippen LogP contribution in [0.5, 0.6) is 0 Å². The lowest BCUT2D eigenvalue weighted by Crippen LogP contribution is -2.28. The third kappa shape index (κ3) is 3.53. The number of aryl methyl sites for hydroxylation is 1. The van der Waals surface area contributed by atoms with E-state index in [2.05, 4.69) is 31.2 Å². The molecule has 0 aromatic heterocycles. The summed E-state index contributed by atoms with van der Waals surface area (Å²) in [5.74, 6) is 0. The highest BCUT2D eigenvalue weighted by atomic mass is 16.5. The largest absolute Gasteiger partial charge is 0.381 e. The van der Waals surface area contributed by atoms with Gasteiger partial charge in [0, 0.05) is 19.8 Å². The summed E-state index contributed by atoms with van der Waals surface area (Å²) in [6.07, 6.45) is 2.25. The number of hydrogen-bond donors (Lipinski definition) is 1. The first-order valence-corrected chi connectivity index (χ1v) is 6.29. The van der Waals surface area contributed by atoms with E-state index in [-0.39, 0.29) is 12.2 Å². The van der Waals surface area contributed by atoms with Crippen molar-refractivity contribution in [1.29, 1.82) is 0 Å². The van der Waals surface area contributed by atoms with Crippen molar-refractivity contribution in [3.8, 4) is 0 Å². The van der Waals surface area contributed by atoms with Crippen LogP contribution in [-0.2, 0) is 9.47 Å². The Hall–Kier alpha value is -0.900. The quantitative estimate of drug-likeness (QED) is 0.870. The Morgan fingerprint density at radius 2 is 2.18 bits per heavy atom. The molecule has 0 radical (unpaired) electrons. The highest BCUT2D eigenvalue weighted by Crippen LogP contribution is 2.23. The summed E-state index contributed by atoms with van der Waals surface area (Å²) >= 11 is 0. The van der Waals surface area contributed by atoms with E-state index in [1.807, 2.05) is 0 Å². The molecule has 1 aliphatic heterocycles. The van der Waals surface area contributed by atoms with Gasteiger partial charge in [-0.2, -0.15) is 0 Å². The zero-order chi connectivity index (χ0) is 12.1. The highest BCUT2D eigenvalue weighted by Gasteiger charge is 2.19. The van der Waals surface area contributed by atoms with E-state index in [4.69, 9.17) is 15.2 Å². The number of benzene rings is 1. The van der Waals surface area contributed by atoms with E-state index in [9.17, 15) is 0 Å². The van der Waals surface area contributed by atoms with Crippen molar-refractivity contribution >= 4 is 0 Å². The highest BCUT2D eigenvalue weighted by molar-refractivity contribution is 5.24. The van der Waals surface area contributed by atoms with Crippen LogP contribution in [0.3, 0.4) is 0 Å². The summed E-state index contributed by atoms with van der Waals surface area (Å²) in [6.45, 7) is 4.22. The molecular formula is C14H21NO2. The number of ether oxygens (including phenoxy) is 2. The molecule has 1 atom stereocenters. The molecule has 0 bridgehead atoms. The van der Waals surface area contributed by atoms with E-state index >= 15 is 0 Å². The fourth-order valence-electron chi connectivity index (χ4n) is 2.18. The zero-order valence-electron chi connectivity index (χ0n) is 10.4. The van der Waals surface area contributed by atoms with Gasteiger partial charge in [-0.1, -0.05) is 29.8 Å². The monoisotopic (exact) mass is 235 g/mol. The van der Waals surface area contributed by atoms with Gasteiger partial charge in [0.25, 0.3) is 0 Å². The maximum Gasteiger partial charge on any atom is 0.0950 e. The van der Waals surface area contributed by atoms with Crippen molar-refractivity contribution in [2.24, 2.45) is 5.73 Å². The van der Waals surface area contributed by atoms with Crippen molar-refractivity contribution in [2.75, 3.05) is 19.8 Å². The summed E-state index contributed by atoms with van der Waals surface area (Å²) in [7, 11) is 0. The van der Waals surface area contributed by atoms with Gasteiger partial charge in [0.2, 0.25) is 0 Å². The normalized spacial score (nSPS) is 19.2. The second-order valence-corrected chi connectivity index (χ2v) is 4.59. The van der Waals surface area contributed by atoms with E-state index in [1.165, 1.54) is 11.1 Å². The second kappa shape index (κ2) is 6.15. The van der Waals surface area contributed by atoms with Crippen LogP contribution in [0.1, 0.15) is 30.1 Å². The maximum absolute atomic E-state index is 6.08. The molecule has 0 saturated carbocycles. The van der Waals surface area contributed by atoms with E-state index < -0.39 is 0 Å². The van der Waals surface area contributed by atoms with Crippen LogP contribution < -0.4 is 5.73 Å². The summed E-state index contributed by atoms with van der Waals surface area (Å²) in [5.41, 5.74) is 8.24. The molecule has 3 nitrogen and oxygen atoms in total. The molecular weight excluding hydrogens is 214 g/mol. The third-order valence-corrected chi connectivity index (χ3v) is 3.15. The second-order valence-electron chi connectivity index (χ2n) is 4.59. The molecule has 0 spiro atoms. The summed E-state index contributed by atoms with van der Waals surface area (Å²) in [6, 6.07) is 8.38. The number of rotatable bonds is 4. The van der Waals surface area contributed by atoms with Crippen LogP contribution in [0.4, 0.5) is 0 Å². The summed E-state index contributed by atoms with van der Waals surface area (Å²) in [5, 5.41) is 0. The molecule has 1 aliphatic rings. The first-order chi connectivity index (χ1) is 8.29. The Morgan fingerprint density at radius 3 is 2.82 bits per heavy atom. The lowest BCUT2D eigenvalue weighted by molar-refractivity contribution is -0.0665. The van der Waals surface area contributed by atoms with Crippen LogP contribution in [-0.4, -0.2) is 25.9 Å². The van der Waals surface area contributed by atoms with Gasteiger partial charge >= 0.3 is 0 Å². The van der Waals surface area contributed by atoms with Crippen LogP contribution in [0.15, 0.2) is 24.3 Å². The van der Waals surface area contributed by atoms with Crippen molar-refractivity contribution in [2.45, 2.75) is 32.0 Å². The minimum absolute atomic E-state index is 0.0120. The van der Waals surface area contributed by atoms with Gasteiger partial charge in [0.15, 0.2) is 0 Å². The lowest BCUT2D eigenvalue weighted by atomic mass is 10.1. The van der Waals surface area contributed by atoms with Gasteiger partial charge in [-0.25, -0.2) is 0 Å². The van der Waals surface area contributed by atoms with Gasteiger partial charge in [-0.15, -0.1) is 0 Å². The molecule has 2 N–H and O–H groups in total.